The van der Waals surface area contributed by atoms with Gasteiger partial charge in [0.2, 0.25) is 0 Å². The lowest BCUT2D eigenvalue weighted by molar-refractivity contribution is -0.137. The van der Waals surface area contributed by atoms with Crippen LogP contribution in [0.2, 0.25) is 0 Å². The zero-order chi connectivity index (χ0) is 13.3. The van der Waals surface area contributed by atoms with Gasteiger partial charge in [-0.1, -0.05) is 12.1 Å². The Kier molecular flexibility index (Phi) is 3.61. The minimum atomic E-state index is -4.32. The van der Waals surface area contributed by atoms with Gasteiger partial charge in [-0.3, -0.25) is 4.90 Å². The van der Waals surface area contributed by atoms with Crippen LogP contribution in [0.3, 0.4) is 0 Å². The molecule has 2 rings (SSSR count). The van der Waals surface area contributed by atoms with Crippen LogP contribution < -0.4 is 0 Å². The van der Waals surface area contributed by atoms with E-state index in [1.165, 1.54) is 12.1 Å². The van der Waals surface area contributed by atoms with E-state index in [9.17, 15) is 23.4 Å². The number of β-amino-alcohol motifs (C(OH)–C–C–N with tert-alkyl or cyclic N) is 2. The van der Waals surface area contributed by atoms with Gasteiger partial charge in [0.15, 0.2) is 0 Å². The Labute approximate surface area is 102 Å². The number of halogens is 3. The average Bonchev–Trinajstić information content (AvgIpc) is 2.57. The third kappa shape index (κ3) is 3.01. The van der Waals surface area contributed by atoms with Gasteiger partial charge in [0.25, 0.3) is 0 Å². The summed E-state index contributed by atoms with van der Waals surface area (Å²) in [7, 11) is 0. The van der Waals surface area contributed by atoms with Crippen molar-refractivity contribution in [3.8, 4) is 0 Å². The van der Waals surface area contributed by atoms with Gasteiger partial charge in [-0.15, -0.1) is 0 Å². The number of rotatable bonds is 2. The normalized spacial score (nSPS) is 25.6. The lowest BCUT2D eigenvalue weighted by Crippen LogP contribution is -2.22. The van der Waals surface area contributed by atoms with Gasteiger partial charge in [-0.2, -0.15) is 13.2 Å². The Morgan fingerprint density at radius 3 is 2.00 bits per heavy atom. The topological polar surface area (TPSA) is 43.7 Å². The number of aliphatic hydroxyl groups excluding tert-OH is 2. The molecule has 2 atom stereocenters. The molecule has 0 spiro atoms. The summed E-state index contributed by atoms with van der Waals surface area (Å²) in [6.45, 7) is 1.09. The maximum atomic E-state index is 12.4. The summed E-state index contributed by atoms with van der Waals surface area (Å²) in [6.07, 6.45) is -5.88. The minimum absolute atomic E-state index is 0.336. The molecule has 1 aliphatic rings. The predicted octanol–water partition coefficient (Wildman–Crippen LogP) is 1.24. The fourth-order valence-corrected chi connectivity index (χ4v) is 2.03. The quantitative estimate of drug-likeness (QED) is 0.842. The summed E-state index contributed by atoms with van der Waals surface area (Å²) in [5.41, 5.74) is 0.0528. The van der Waals surface area contributed by atoms with E-state index in [1.54, 1.807) is 4.90 Å². The maximum Gasteiger partial charge on any atom is 0.416 e. The van der Waals surface area contributed by atoms with E-state index in [2.05, 4.69) is 0 Å². The lowest BCUT2D eigenvalue weighted by atomic mass is 10.1. The molecule has 1 fully saturated rings. The van der Waals surface area contributed by atoms with Crippen LogP contribution >= 0.6 is 0 Å². The van der Waals surface area contributed by atoms with Crippen LogP contribution in [0.15, 0.2) is 24.3 Å². The van der Waals surface area contributed by atoms with E-state index in [1.807, 2.05) is 0 Å². The standard InChI is InChI=1S/C12H14F3NO2/c13-12(14,15)9-3-1-8(2-4-9)5-16-6-10(17)11(18)7-16/h1-4,10-11,17-18H,5-7H2/t10-,11+. The number of likely N-dealkylation sites (tertiary alicyclic amines) is 1. The largest absolute Gasteiger partial charge is 0.416 e. The van der Waals surface area contributed by atoms with Crippen molar-refractivity contribution in [1.29, 1.82) is 0 Å². The van der Waals surface area contributed by atoms with E-state index < -0.39 is 23.9 Å². The van der Waals surface area contributed by atoms with Crippen molar-refractivity contribution in [2.75, 3.05) is 13.1 Å². The van der Waals surface area contributed by atoms with Crippen molar-refractivity contribution >= 4 is 0 Å². The van der Waals surface area contributed by atoms with E-state index in [0.29, 0.717) is 19.6 Å². The maximum absolute atomic E-state index is 12.4. The van der Waals surface area contributed by atoms with Crippen LogP contribution in [-0.2, 0) is 12.7 Å². The molecule has 1 saturated heterocycles. The third-order valence-corrected chi connectivity index (χ3v) is 3.02. The van der Waals surface area contributed by atoms with Gasteiger partial charge in [-0.05, 0) is 17.7 Å². The summed E-state index contributed by atoms with van der Waals surface area (Å²) < 4.78 is 37.1. The molecule has 2 N–H and O–H groups in total. The van der Waals surface area contributed by atoms with E-state index in [-0.39, 0.29) is 0 Å². The SMILES string of the molecule is O[C@@H]1CN(Cc2ccc(C(F)(F)F)cc2)C[C@@H]1O. The molecule has 0 saturated carbocycles. The van der Waals surface area contributed by atoms with E-state index in [0.717, 1.165) is 17.7 Å². The average molecular weight is 261 g/mol. The van der Waals surface area contributed by atoms with Crippen LogP contribution in [0.4, 0.5) is 13.2 Å². The van der Waals surface area contributed by atoms with Gasteiger partial charge in [0, 0.05) is 19.6 Å². The molecule has 0 amide bonds. The number of nitrogens with zero attached hydrogens (tertiary/aromatic N) is 1. The second kappa shape index (κ2) is 4.87. The molecular weight excluding hydrogens is 247 g/mol. The Morgan fingerprint density at radius 2 is 1.56 bits per heavy atom. The first kappa shape index (κ1) is 13.3. The van der Waals surface area contributed by atoms with Crippen LogP contribution in [0, 0.1) is 0 Å². The highest BCUT2D eigenvalue weighted by atomic mass is 19.4. The number of benzene rings is 1. The predicted molar refractivity (Wildman–Crippen MR) is 58.7 cm³/mol. The van der Waals surface area contributed by atoms with Crippen molar-refractivity contribution in [1.82, 2.24) is 4.90 Å². The fraction of sp³-hybridized carbons (Fsp3) is 0.500. The van der Waals surface area contributed by atoms with Crippen molar-refractivity contribution in [2.45, 2.75) is 24.9 Å². The highest BCUT2D eigenvalue weighted by Gasteiger charge is 2.31. The van der Waals surface area contributed by atoms with Gasteiger partial charge < -0.3 is 10.2 Å². The second-order valence-corrected chi connectivity index (χ2v) is 4.52. The Bertz CT molecular complexity index is 395. The zero-order valence-corrected chi connectivity index (χ0v) is 9.56. The van der Waals surface area contributed by atoms with Crippen LogP contribution in [0.25, 0.3) is 0 Å². The van der Waals surface area contributed by atoms with Gasteiger partial charge in [-0.25, -0.2) is 0 Å². The summed E-state index contributed by atoms with van der Waals surface area (Å²) >= 11 is 0. The molecule has 1 aromatic rings. The molecule has 6 heteroatoms. The number of aliphatic hydroxyl groups is 2. The second-order valence-electron chi connectivity index (χ2n) is 4.52. The molecule has 0 bridgehead atoms. The summed E-state index contributed by atoms with van der Waals surface area (Å²) in [4.78, 5) is 1.80. The molecule has 18 heavy (non-hydrogen) atoms. The van der Waals surface area contributed by atoms with Crippen molar-refractivity contribution < 1.29 is 23.4 Å². The Hall–Kier alpha value is -1.11. The van der Waals surface area contributed by atoms with Crippen molar-refractivity contribution in [3.05, 3.63) is 35.4 Å². The molecule has 0 unspecified atom stereocenters. The lowest BCUT2D eigenvalue weighted by Gasteiger charge is -2.15. The van der Waals surface area contributed by atoms with Gasteiger partial charge in [0.05, 0.1) is 17.8 Å². The fourth-order valence-electron chi connectivity index (χ4n) is 2.03. The molecule has 0 aliphatic carbocycles. The number of hydrogen-bond donors (Lipinski definition) is 2. The first-order chi connectivity index (χ1) is 8.36. The minimum Gasteiger partial charge on any atom is -0.389 e. The summed E-state index contributed by atoms with van der Waals surface area (Å²) in [5.74, 6) is 0. The molecule has 1 heterocycles. The molecule has 0 radical (unpaired) electrons. The molecule has 3 nitrogen and oxygen atoms in total. The van der Waals surface area contributed by atoms with Crippen molar-refractivity contribution in [3.63, 3.8) is 0 Å². The highest BCUT2D eigenvalue weighted by molar-refractivity contribution is 5.24. The third-order valence-electron chi connectivity index (χ3n) is 3.02. The zero-order valence-electron chi connectivity index (χ0n) is 9.56. The summed E-state index contributed by atoms with van der Waals surface area (Å²) in [6, 6.07) is 4.91. The van der Waals surface area contributed by atoms with Crippen molar-refractivity contribution in [2.24, 2.45) is 0 Å². The summed E-state index contributed by atoms with van der Waals surface area (Å²) in [5, 5.41) is 18.7. The van der Waals surface area contributed by atoms with Gasteiger partial charge in [0.1, 0.15) is 0 Å². The number of hydrogen-bond acceptors (Lipinski definition) is 3. The first-order valence-electron chi connectivity index (χ1n) is 5.61. The molecular formula is C12H14F3NO2. The monoisotopic (exact) mass is 261 g/mol. The highest BCUT2D eigenvalue weighted by Crippen LogP contribution is 2.29. The number of alkyl halides is 3. The van der Waals surface area contributed by atoms with Gasteiger partial charge >= 0.3 is 6.18 Å². The van der Waals surface area contributed by atoms with Crippen LogP contribution in [0.5, 0.6) is 0 Å². The molecule has 1 aromatic carbocycles. The van der Waals surface area contributed by atoms with E-state index in [4.69, 9.17) is 0 Å². The first-order valence-corrected chi connectivity index (χ1v) is 5.61. The molecule has 0 aromatic heterocycles. The Balaban J connectivity index is 1.99. The molecule has 100 valence electrons. The van der Waals surface area contributed by atoms with E-state index >= 15 is 0 Å². The Morgan fingerprint density at radius 1 is 1.06 bits per heavy atom. The molecule has 1 aliphatic heterocycles. The smallest absolute Gasteiger partial charge is 0.389 e. The van der Waals surface area contributed by atoms with Crippen LogP contribution in [-0.4, -0.2) is 40.4 Å². The van der Waals surface area contributed by atoms with Crippen LogP contribution in [0.1, 0.15) is 11.1 Å².